The normalized spacial score (nSPS) is 14.2. The van der Waals surface area contributed by atoms with Crippen LogP contribution in [0.15, 0.2) is 12.3 Å². The Labute approximate surface area is 115 Å². The molecule has 19 heavy (non-hydrogen) atoms. The lowest BCUT2D eigenvalue weighted by atomic mass is 10.2. The van der Waals surface area contributed by atoms with Crippen molar-refractivity contribution in [1.82, 2.24) is 9.88 Å². The Morgan fingerprint density at radius 2 is 2.32 bits per heavy atom. The molecule has 0 radical (unpaired) electrons. The number of carbonyl (C=O) groups excluding carboxylic acids is 1. The summed E-state index contributed by atoms with van der Waals surface area (Å²) in [6.45, 7) is 2.57. The first-order chi connectivity index (χ1) is 9.06. The monoisotopic (exact) mass is 283 g/mol. The SMILES string of the molecule is CCCN(C(=O)c1ccnc(Cl)c1[N+](=O)[O-])C1CC1. The van der Waals surface area contributed by atoms with Crippen molar-refractivity contribution in [2.24, 2.45) is 0 Å². The number of hydrogen-bond acceptors (Lipinski definition) is 4. The van der Waals surface area contributed by atoms with Crippen LogP contribution >= 0.6 is 11.6 Å². The van der Waals surface area contributed by atoms with Crippen molar-refractivity contribution in [2.75, 3.05) is 6.54 Å². The fraction of sp³-hybridized carbons (Fsp3) is 0.500. The van der Waals surface area contributed by atoms with Crippen molar-refractivity contribution in [2.45, 2.75) is 32.2 Å². The summed E-state index contributed by atoms with van der Waals surface area (Å²) < 4.78 is 0. The van der Waals surface area contributed by atoms with Gasteiger partial charge in [0.2, 0.25) is 5.15 Å². The highest BCUT2D eigenvalue weighted by Crippen LogP contribution is 2.32. The maximum atomic E-state index is 12.4. The molecule has 1 heterocycles. The molecule has 0 bridgehead atoms. The van der Waals surface area contributed by atoms with Gasteiger partial charge in [-0.05, 0) is 25.3 Å². The van der Waals surface area contributed by atoms with Gasteiger partial charge < -0.3 is 4.90 Å². The van der Waals surface area contributed by atoms with Crippen molar-refractivity contribution in [1.29, 1.82) is 0 Å². The van der Waals surface area contributed by atoms with Gasteiger partial charge in [0.15, 0.2) is 0 Å². The van der Waals surface area contributed by atoms with E-state index in [1.807, 2.05) is 6.92 Å². The molecule has 102 valence electrons. The van der Waals surface area contributed by atoms with Gasteiger partial charge in [-0.15, -0.1) is 0 Å². The van der Waals surface area contributed by atoms with E-state index in [-0.39, 0.29) is 22.7 Å². The van der Waals surface area contributed by atoms with Crippen LogP contribution in [0.5, 0.6) is 0 Å². The molecule has 0 saturated heterocycles. The first-order valence-electron chi connectivity index (χ1n) is 6.16. The molecule has 7 heteroatoms. The van der Waals surface area contributed by atoms with E-state index in [4.69, 9.17) is 11.6 Å². The molecule has 1 aromatic rings. The molecule has 1 aromatic heterocycles. The number of hydrogen-bond donors (Lipinski definition) is 0. The van der Waals surface area contributed by atoms with Crippen LogP contribution in [-0.2, 0) is 0 Å². The molecule has 1 aliphatic rings. The van der Waals surface area contributed by atoms with Crippen LogP contribution in [0.2, 0.25) is 5.15 Å². The van der Waals surface area contributed by atoms with Crippen LogP contribution in [0.4, 0.5) is 5.69 Å². The second-order valence-corrected chi connectivity index (χ2v) is 4.84. The average Bonchev–Trinajstić information content (AvgIpc) is 3.18. The van der Waals surface area contributed by atoms with Gasteiger partial charge in [0, 0.05) is 18.8 Å². The smallest absolute Gasteiger partial charge is 0.319 e. The molecule has 0 atom stereocenters. The van der Waals surface area contributed by atoms with E-state index in [0.717, 1.165) is 19.3 Å². The largest absolute Gasteiger partial charge is 0.335 e. The fourth-order valence-corrected chi connectivity index (χ4v) is 2.23. The number of carbonyl (C=O) groups is 1. The number of nitrogens with zero attached hydrogens (tertiary/aromatic N) is 3. The van der Waals surface area contributed by atoms with Crippen molar-refractivity contribution in [3.05, 3.63) is 33.1 Å². The van der Waals surface area contributed by atoms with Crippen LogP contribution in [0.3, 0.4) is 0 Å². The van der Waals surface area contributed by atoms with Gasteiger partial charge in [-0.1, -0.05) is 18.5 Å². The highest BCUT2D eigenvalue weighted by Gasteiger charge is 2.35. The third-order valence-electron chi connectivity index (χ3n) is 3.01. The fourth-order valence-electron chi connectivity index (χ4n) is 2.01. The molecule has 1 saturated carbocycles. The van der Waals surface area contributed by atoms with E-state index in [2.05, 4.69) is 4.98 Å². The van der Waals surface area contributed by atoms with Crippen molar-refractivity contribution in [3.8, 4) is 0 Å². The molecular weight excluding hydrogens is 270 g/mol. The molecular formula is C12H14ClN3O3. The standard InChI is InChI=1S/C12H14ClN3O3/c1-2-7-15(8-3-4-8)12(17)9-5-6-14-11(13)10(9)16(18)19/h5-6,8H,2-4,7H2,1H3. The van der Waals surface area contributed by atoms with Gasteiger partial charge in [-0.25, -0.2) is 4.98 Å². The van der Waals surface area contributed by atoms with E-state index in [1.165, 1.54) is 12.3 Å². The number of amides is 1. The summed E-state index contributed by atoms with van der Waals surface area (Å²) in [4.78, 5) is 28.2. The Kier molecular flexibility index (Phi) is 3.99. The van der Waals surface area contributed by atoms with Gasteiger partial charge in [0.25, 0.3) is 5.91 Å². The zero-order valence-electron chi connectivity index (χ0n) is 10.5. The first kappa shape index (κ1) is 13.7. The molecule has 2 rings (SSSR count). The Bertz CT molecular complexity index is 517. The molecule has 1 aliphatic carbocycles. The molecule has 0 aromatic carbocycles. The predicted octanol–water partition coefficient (Wildman–Crippen LogP) is 2.66. The van der Waals surface area contributed by atoms with Crippen LogP contribution < -0.4 is 0 Å². The molecule has 0 aliphatic heterocycles. The van der Waals surface area contributed by atoms with Gasteiger partial charge in [0.05, 0.1) is 4.92 Å². The zero-order valence-corrected chi connectivity index (χ0v) is 11.3. The minimum absolute atomic E-state index is 0.0188. The zero-order chi connectivity index (χ0) is 14.0. The van der Waals surface area contributed by atoms with Crippen molar-refractivity contribution < 1.29 is 9.72 Å². The quantitative estimate of drug-likeness (QED) is 0.473. The van der Waals surface area contributed by atoms with Crippen LogP contribution in [0.25, 0.3) is 0 Å². The maximum absolute atomic E-state index is 12.4. The molecule has 0 unspecified atom stereocenters. The number of rotatable bonds is 5. The second-order valence-electron chi connectivity index (χ2n) is 4.48. The molecule has 0 N–H and O–H groups in total. The van der Waals surface area contributed by atoms with Gasteiger partial charge >= 0.3 is 5.69 Å². The lowest BCUT2D eigenvalue weighted by Gasteiger charge is -2.21. The number of pyridine rings is 1. The molecule has 1 fully saturated rings. The first-order valence-corrected chi connectivity index (χ1v) is 6.54. The molecule has 6 nitrogen and oxygen atoms in total. The van der Waals surface area contributed by atoms with E-state index >= 15 is 0 Å². The van der Waals surface area contributed by atoms with E-state index < -0.39 is 10.6 Å². The Morgan fingerprint density at radius 3 is 2.84 bits per heavy atom. The Hall–Kier alpha value is -1.69. The second kappa shape index (κ2) is 5.52. The summed E-state index contributed by atoms with van der Waals surface area (Å²) in [5.74, 6) is -0.333. The number of nitro groups is 1. The minimum atomic E-state index is -0.653. The predicted molar refractivity (Wildman–Crippen MR) is 70.3 cm³/mol. The third kappa shape index (κ3) is 2.84. The number of aromatic nitrogens is 1. The highest BCUT2D eigenvalue weighted by atomic mass is 35.5. The summed E-state index contributed by atoms with van der Waals surface area (Å²) in [6, 6.07) is 1.57. The summed E-state index contributed by atoms with van der Waals surface area (Å²) in [5, 5.41) is 10.8. The summed E-state index contributed by atoms with van der Waals surface area (Å²) in [7, 11) is 0. The molecule has 0 spiro atoms. The Balaban J connectivity index is 2.37. The summed E-state index contributed by atoms with van der Waals surface area (Å²) >= 11 is 5.72. The Morgan fingerprint density at radius 1 is 1.63 bits per heavy atom. The summed E-state index contributed by atoms with van der Waals surface area (Å²) in [6.07, 6.45) is 4.05. The van der Waals surface area contributed by atoms with E-state index in [0.29, 0.717) is 6.54 Å². The topological polar surface area (TPSA) is 76.3 Å². The lowest BCUT2D eigenvalue weighted by molar-refractivity contribution is -0.385. The van der Waals surface area contributed by atoms with E-state index in [1.54, 1.807) is 4.90 Å². The van der Waals surface area contributed by atoms with Crippen LogP contribution in [-0.4, -0.2) is 33.3 Å². The van der Waals surface area contributed by atoms with Crippen molar-refractivity contribution in [3.63, 3.8) is 0 Å². The molecule has 1 amide bonds. The maximum Gasteiger partial charge on any atom is 0.319 e. The third-order valence-corrected chi connectivity index (χ3v) is 3.28. The average molecular weight is 284 g/mol. The van der Waals surface area contributed by atoms with Crippen LogP contribution in [0, 0.1) is 10.1 Å². The van der Waals surface area contributed by atoms with Gasteiger partial charge in [-0.2, -0.15) is 0 Å². The highest BCUT2D eigenvalue weighted by molar-refractivity contribution is 6.32. The van der Waals surface area contributed by atoms with E-state index in [9.17, 15) is 14.9 Å². The lowest BCUT2D eigenvalue weighted by Crippen LogP contribution is -2.34. The number of halogens is 1. The van der Waals surface area contributed by atoms with Gasteiger partial charge in [-0.3, -0.25) is 14.9 Å². The summed E-state index contributed by atoms with van der Waals surface area (Å²) in [5.41, 5.74) is -0.388. The minimum Gasteiger partial charge on any atom is -0.335 e. The van der Waals surface area contributed by atoms with Crippen LogP contribution in [0.1, 0.15) is 36.5 Å². The van der Waals surface area contributed by atoms with Crippen molar-refractivity contribution >= 4 is 23.2 Å². The van der Waals surface area contributed by atoms with Gasteiger partial charge in [0.1, 0.15) is 5.56 Å².